The summed E-state index contributed by atoms with van der Waals surface area (Å²) in [6, 6.07) is 5.36. The van der Waals surface area contributed by atoms with Gasteiger partial charge in [0.05, 0.1) is 13.7 Å². The van der Waals surface area contributed by atoms with E-state index >= 15 is 0 Å². The number of amides is 1. The van der Waals surface area contributed by atoms with Crippen LogP contribution in [-0.2, 0) is 11.2 Å². The van der Waals surface area contributed by atoms with Crippen molar-refractivity contribution in [2.45, 2.75) is 38.8 Å². The normalized spacial score (nSPS) is 10.5. The SMILES string of the molecule is CCOc1ccc(NC(=O)CCc2c(C)nc(SC)nc2C)cc1OC. The fourth-order valence-corrected chi connectivity index (χ4v) is 3.10. The van der Waals surface area contributed by atoms with E-state index in [-0.39, 0.29) is 5.91 Å². The lowest BCUT2D eigenvalue weighted by atomic mass is 10.1. The number of hydrogen-bond acceptors (Lipinski definition) is 6. The first-order valence-electron chi connectivity index (χ1n) is 8.47. The molecule has 0 spiro atoms. The summed E-state index contributed by atoms with van der Waals surface area (Å²) in [5.74, 6) is 1.19. The number of benzene rings is 1. The average molecular weight is 375 g/mol. The zero-order valence-corrected chi connectivity index (χ0v) is 16.7. The number of thioether (sulfide) groups is 1. The smallest absolute Gasteiger partial charge is 0.224 e. The van der Waals surface area contributed by atoms with Crippen molar-refractivity contribution >= 4 is 23.4 Å². The van der Waals surface area contributed by atoms with E-state index in [9.17, 15) is 4.79 Å². The van der Waals surface area contributed by atoms with Gasteiger partial charge in [0, 0.05) is 29.6 Å². The van der Waals surface area contributed by atoms with E-state index < -0.39 is 0 Å². The predicted molar refractivity (Wildman–Crippen MR) is 104 cm³/mol. The number of carbonyl (C=O) groups excluding carboxylic acids is 1. The highest BCUT2D eigenvalue weighted by Gasteiger charge is 2.12. The summed E-state index contributed by atoms with van der Waals surface area (Å²) in [6.45, 7) is 6.38. The van der Waals surface area contributed by atoms with Gasteiger partial charge in [-0.15, -0.1) is 0 Å². The maximum absolute atomic E-state index is 12.3. The van der Waals surface area contributed by atoms with Gasteiger partial charge in [-0.05, 0) is 51.1 Å². The molecule has 0 unspecified atom stereocenters. The fourth-order valence-electron chi connectivity index (χ4n) is 2.64. The molecule has 6 nitrogen and oxygen atoms in total. The van der Waals surface area contributed by atoms with Crippen LogP contribution in [0.2, 0.25) is 0 Å². The van der Waals surface area contributed by atoms with E-state index in [1.54, 1.807) is 25.3 Å². The van der Waals surface area contributed by atoms with Crippen LogP contribution >= 0.6 is 11.8 Å². The molecule has 26 heavy (non-hydrogen) atoms. The molecular formula is C19H25N3O3S. The summed E-state index contributed by atoms with van der Waals surface area (Å²) < 4.78 is 10.8. The number of ether oxygens (including phenoxy) is 2. The molecule has 2 rings (SSSR count). The van der Waals surface area contributed by atoms with Crippen molar-refractivity contribution < 1.29 is 14.3 Å². The molecule has 140 valence electrons. The van der Waals surface area contributed by atoms with Crippen LogP contribution in [0.15, 0.2) is 23.4 Å². The van der Waals surface area contributed by atoms with Crippen molar-refractivity contribution in [3.63, 3.8) is 0 Å². The van der Waals surface area contributed by atoms with Crippen LogP contribution in [0.5, 0.6) is 11.5 Å². The Balaban J connectivity index is 2.01. The topological polar surface area (TPSA) is 73.3 Å². The quantitative estimate of drug-likeness (QED) is 0.559. The fraction of sp³-hybridized carbons (Fsp3) is 0.421. The molecule has 0 aliphatic rings. The third kappa shape index (κ3) is 5.11. The monoisotopic (exact) mass is 375 g/mol. The van der Waals surface area contributed by atoms with Crippen LogP contribution in [0, 0.1) is 13.8 Å². The van der Waals surface area contributed by atoms with Gasteiger partial charge in [-0.2, -0.15) is 0 Å². The molecule has 0 aliphatic heterocycles. The first kappa shape index (κ1) is 20.0. The Morgan fingerprint density at radius 3 is 2.46 bits per heavy atom. The molecule has 0 bridgehead atoms. The van der Waals surface area contributed by atoms with Crippen molar-refractivity contribution in [2.75, 3.05) is 25.3 Å². The maximum atomic E-state index is 12.3. The van der Waals surface area contributed by atoms with Crippen LogP contribution < -0.4 is 14.8 Å². The molecule has 0 radical (unpaired) electrons. The molecule has 7 heteroatoms. The van der Waals surface area contributed by atoms with Gasteiger partial charge < -0.3 is 14.8 Å². The van der Waals surface area contributed by atoms with Crippen LogP contribution in [-0.4, -0.2) is 35.8 Å². The number of hydrogen-bond donors (Lipinski definition) is 1. The minimum absolute atomic E-state index is 0.0658. The highest BCUT2D eigenvalue weighted by Crippen LogP contribution is 2.30. The van der Waals surface area contributed by atoms with E-state index in [1.165, 1.54) is 11.8 Å². The van der Waals surface area contributed by atoms with Gasteiger partial charge in [0.2, 0.25) is 5.91 Å². The second-order valence-electron chi connectivity index (χ2n) is 5.71. The molecule has 1 N–H and O–H groups in total. The van der Waals surface area contributed by atoms with Gasteiger partial charge in [-0.25, -0.2) is 9.97 Å². The Labute approximate surface area is 158 Å². The number of rotatable bonds is 8. The Morgan fingerprint density at radius 1 is 1.19 bits per heavy atom. The minimum atomic E-state index is -0.0658. The second-order valence-corrected chi connectivity index (χ2v) is 6.48. The van der Waals surface area contributed by atoms with Crippen LogP contribution in [0.25, 0.3) is 0 Å². The first-order valence-corrected chi connectivity index (χ1v) is 9.69. The molecule has 0 fully saturated rings. The summed E-state index contributed by atoms with van der Waals surface area (Å²) in [5.41, 5.74) is 3.56. The largest absolute Gasteiger partial charge is 0.493 e. The molecule has 0 aliphatic carbocycles. The molecule has 1 aromatic heterocycles. The second kappa shape index (κ2) is 9.43. The molecule has 1 aromatic carbocycles. The summed E-state index contributed by atoms with van der Waals surface area (Å²) >= 11 is 1.52. The minimum Gasteiger partial charge on any atom is -0.493 e. The predicted octanol–water partition coefficient (Wildman–Crippen LogP) is 3.79. The van der Waals surface area contributed by atoms with Crippen LogP contribution in [0.4, 0.5) is 5.69 Å². The van der Waals surface area contributed by atoms with Gasteiger partial charge in [0.25, 0.3) is 0 Å². The summed E-state index contributed by atoms with van der Waals surface area (Å²) in [6.07, 6.45) is 2.91. The van der Waals surface area contributed by atoms with E-state index in [0.717, 1.165) is 22.1 Å². The van der Waals surface area contributed by atoms with Crippen molar-refractivity contribution in [3.05, 3.63) is 35.2 Å². The number of anilines is 1. The Hall–Kier alpha value is -2.28. The molecule has 0 saturated carbocycles. The summed E-state index contributed by atoms with van der Waals surface area (Å²) in [4.78, 5) is 21.2. The Morgan fingerprint density at radius 2 is 1.88 bits per heavy atom. The van der Waals surface area contributed by atoms with Gasteiger partial charge >= 0.3 is 0 Å². The van der Waals surface area contributed by atoms with Crippen molar-refractivity contribution in [1.29, 1.82) is 0 Å². The van der Waals surface area contributed by atoms with Gasteiger partial charge in [-0.1, -0.05) is 11.8 Å². The standard InChI is InChI=1S/C19H25N3O3S/c1-6-25-16-9-7-14(11-17(16)24-4)22-18(23)10-8-15-12(2)20-19(26-5)21-13(15)3/h7,9,11H,6,8,10H2,1-5H3,(H,22,23). The molecule has 0 saturated heterocycles. The number of nitrogens with one attached hydrogen (secondary N) is 1. The zero-order valence-electron chi connectivity index (χ0n) is 15.9. The lowest BCUT2D eigenvalue weighted by molar-refractivity contribution is -0.116. The van der Waals surface area contributed by atoms with Gasteiger partial charge in [0.15, 0.2) is 16.7 Å². The molecule has 1 heterocycles. The third-order valence-electron chi connectivity index (χ3n) is 3.93. The van der Waals surface area contributed by atoms with Crippen molar-refractivity contribution in [2.24, 2.45) is 0 Å². The van der Waals surface area contributed by atoms with E-state index in [1.807, 2.05) is 27.0 Å². The van der Waals surface area contributed by atoms with Crippen LogP contribution in [0.3, 0.4) is 0 Å². The number of nitrogens with zero attached hydrogens (tertiary/aromatic N) is 2. The third-order valence-corrected chi connectivity index (χ3v) is 4.48. The molecular weight excluding hydrogens is 350 g/mol. The van der Waals surface area contributed by atoms with E-state index in [4.69, 9.17) is 9.47 Å². The van der Waals surface area contributed by atoms with E-state index in [0.29, 0.717) is 36.6 Å². The van der Waals surface area contributed by atoms with Gasteiger partial charge in [0.1, 0.15) is 0 Å². The molecule has 1 amide bonds. The molecule has 0 atom stereocenters. The highest BCUT2D eigenvalue weighted by atomic mass is 32.2. The number of aromatic nitrogens is 2. The zero-order chi connectivity index (χ0) is 19.1. The summed E-state index contributed by atoms with van der Waals surface area (Å²) in [5, 5.41) is 3.66. The van der Waals surface area contributed by atoms with Gasteiger partial charge in [-0.3, -0.25) is 4.79 Å². The maximum Gasteiger partial charge on any atom is 0.224 e. The number of carbonyl (C=O) groups is 1. The number of methoxy groups -OCH3 is 1. The van der Waals surface area contributed by atoms with Crippen molar-refractivity contribution in [3.8, 4) is 11.5 Å². The average Bonchev–Trinajstić information content (AvgIpc) is 2.62. The van der Waals surface area contributed by atoms with E-state index in [2.05, 4.69) is 15.3 Å². The lowest BCUT2D eigenvalue weighted by Crippen LogP contribution is -2.14. The highest BCUT2D eigenvalue weighted by molar-refractivity contribution is 7.98. The Kier molecular flexibility index (Phi) is 7.26. The van der Waals surface area contributed by atoms with Crippen molar-refractivity contribution in [1.82, 2.24) is 9.97 Å². The first-order chi connectivity index (χ1) is 12.5. The molecule has 2 aromatic rings. The number of aryl methyl sites for hydroxylation is 2. The Bertz CT molecular complexity index is 758. The lowest BCUT2D eigenvalue weighted by Gasteiger charge is -2.12. The van der Waals surface area contributed by atoms with Crippen LogP contribution in [0.1, 0.15) is 30.3 Å². The summed E-state index contributed by atoms with van der Waals surface area (Å²) in [7, 11) is 1.58.